The van der Waals surface area contributed by atoms with E-state index in [9.17, 15) is 4.79 Å². The minimum absolute atomic E-state index is 0.0845. The molecule has 5 nitrogen and oxygen atoms in total. The number of aryl methyl sites for hydroxylation is 2. The van der Waals surface area contributed by atoms with E-state index in [2.05, 4.69) is 21.7 Å². The van der Waals surface area contributed by atoms with Crippen molar-refractivity contribution in [3.63, 3.8) is 0 Å². The molecule has 0 radical (unpaired) electrons. The van der Waals surface area contributed by atoms with Gasteiger partial charge < -0.3 is 15.1 Å². The fourth-order valence-electron chi connectivity index (χ4n) is 2.77. The van der Waals surface area contributed by atoms with Crippen molar-refractivity contribution < 1.29 is 9.21 Å². The number of carbonyl (C=O) groups is 1. The predicted molar refractivity (Wildman–Crippen MR) is 108 cm³/mol. The van der Waals surface area contributed by atoms with Gasteiger partial charge in [0, 0.05) is 17.7 Å². The van der Waals surface area contributed by atoms with Gasteiger partial charge in [-0.25, -0.2) is 4.98 Å². The second kappa shape index (κ2) is 7.66. The van der Waals surface area contributed by atoms with Gasteiger partial charge in [0.15, 0.2) is 10.7 Å². The Morgan fingerprint density at radius 1 is 1.19 bits per heavy atom. The van der Waals surface area contributed by atoms with Gasteiger partial charge in [-0.2, -0.15) is 0 Å². The first-order chi connectivity index (χ1) is 12.5. The normalized spacial score (nSPS) is 10.7. The number of nitrogens with zero attached hydrogens (tertiary/aromatic N) is 1. The van der Waals surface area contributed by atoms with Crippen molar-refractivity contribution in [2.45, 2.75) is 33.6 Å². The maximum absolute atomic E-state index is 11.6. The lowest BCUT2D eigenvalue weighted by molar-refractivity contribution is -0.119. The monoisotopic (exact) mass is 367 g/mol. The average Bonchev–Trinajstić information content (AvgIpc) is 2.99. The van der Waals surface area contributed by atoms with Gasteiger partial charge in [0.2, 0.25) is 11.8 Å². The number of fused-ring (bicyclic) bond motifs is 1. The number of amides is 1. The molecule has 134 valence electrons. The van der Waals surface area contributed by atoms with Crippen LogP contribution in [-0.4, -0.2) is 16.0 Å². The van der Waals surface area contributed by atoms with Crippen LogP contribution in [0.4, 0.5) is 5.69 Å². The van der Waals surface area contributed by atoms with Crippen molar-refractivity contribution in [3.05, 3.63) is 47.5 Å². The van der Waals surface area contributed by atoms with Crippen LogP contribution < -0.4 is 10.6 Å². The maximum Gasteiger partial charge on any atom is 0.227 e. The molecular formula is C20H21N3O2S. The molecule has 0 fully saturated rings. The number of benzene rings is 2. The van der Waals surface area contributed by atoms with Crippen LogP contribution in [0.15, 0.2) is 40.8 Å². The van der Waals surface area contributed by atoms with E-state index >= 15 is 0 Å². The molecule has 0 saturated carbocycles. The van der Waals surface area contributed by atoms with Crippen molar-refractivity contribution in [2.75, 3.05) is 5.32 Å². The van der Waals surface area contributed by atoms with Crippen molar-refractivity contribution >= 4 is 40.0 Å². The third-order valence-electron chi connectivity index (χ3n) is 3.94. The zero-order valence-electron chi connectivity index (χ0n) is 15.1. The first-order valence-electron chi connectivity index (χ1n) is 8.55. The molecule has 0 unspecified atom stereocenters. The van der Waals surface area contributed by atoms with Gasteiger partial charge in [-0.3, -0.25) is 4.79 Å². The molecule has 26 heavy (non-hydrogen) atoms. The Balaban J connectivity index is 1.74. The summed E-state index contributed by atoms with van der Waals surface area (Å²) < 4.78 is 5.93. The highest BCUT2D eigenvalue weighted by atomic mass is 32.1. The van der Waals surface area contributed by atoms with E-state index in [-0.39, 0.29) is 5.91 Å². The highest BCUT2D eigenvalue weighted by Crippen LogP contribution is 2.28. The van der Waals surface area contributed by atoms with E-state index < -0.39 is 0 Å². The summed E-state index contributed by atoms with van der Waals surface area (Å²) in [7, 11) is 0. The Labute approximate surface area is 157 Å². The Hall–Kier alpha value is -2.73. The number of thiocarbonyl (C=S) groups is 1. The number of carbonyl (C=O) groups excluding carboxylic acids is 1. The first kappa shape index (κ1) is 18.1. The highest BCUT2D eigenvalue weighted by Gasteiger charge is 2.11. The summed E-state index contributed by atoms with van der Waals surface area (Å²) in [5, 5.41) is 5.95. The van der Waals surface area contributed by atoms with Crippen LogP contribution in [0.25, 0.3) is 22.6 Å². The number of rotatable bonds is 4. The lowest BCUT2D eigenvalue weighted by Gasteiger charge is -2.09. The smallest absolute Gasteiger partial charge is 0.227 e. The van der Waals surface area contributed by atoms with Gasteiger partial charge in [0.25, 0.3) is 0 Å². The van der Waals surface area contributed by atoms with Crippen LogP contribution in [0.5, 0.6) is 0 Å². The van der Waals surface area contributed by atoms with Gasteiger partial charge in [-0.1, -0.05) is 13.0 Å². The van der Waals surface area contributed by atoms with Crippen LogP contribution >= 0.6 is 12.2 Å². The molecule has 0 spiro atoms. The maximum atomic E-state index is 11.6. The van der Waals surface area contributed by atoms with Crippen molar-refractivity contribution in [3.8, 4) is 11.5 Å². The number of nitrogens with one attached hydrogen (secondary N) is 2. The lowest BCUT2D eigenvalue weighted by Crippen LogP contribution is -2.33. The second-order valence-electron chi connectivity index (χ2n) is 6.28. The number of anilines is 1. The van der Waals surface area contributed by atoms with Crippen LogP contribution in [0.2, 0.25) is 0 Å². The van der Waals surface area contributed by atoms with Crippen LogP contribution in [0.3, 0.4) is 0 Å². The number of hydrogen-bond donors (Lipinski definition) is 2. The molecule has 0 aliphatic rings. The second-order valence-corrected chi connectivity index (χ2v) is 6.69. The van der Waals surface area contributed by atoms with Crippen LogP contribution in [0, 0.1) is 13.8 Å². The largest absolute Gasteiger partial charge is 0.436 e. The van der Waals surface area contributed by atoms with Crippen LogP contribution in [0.1, 0.15) is 30.9 Å². The van der Waals surface area contributed by atoms with Crippen molar-refractivity contribution in [1.82, 2.24) is 10.3 Å². The molecular weight excluding hydrogens is 346 g/mol. The predicted octanol–water partition coefficient (Wildman–Crippen LogP) is 4.72. The van der Waals surface area contributed by atoms with Crippen molar-refractivity contribution in [1.29, 1.82) is 0 Å². The van der Waals surface area contributed by atoms with E-state index in [0.29, 0.717) is 17.4 Å². The van der Waals surface area contributed by atoms with Gasteiger partial charge in [0.05, 0.1) is 0 Å². The Morgan fingerprint density at radius 3 is 2.62 bits per heavy atom. The molecule has 6 heteroatoms. The zero-order chi connectivity index (χ0) is 18.7. The first-order valence-corrected chi connectivity index (χ1v) is 8.96. The Bertz CT molecular complexity index is 961. The fourth-order valence-corrected chi connectivity index (χ4v) is 3.01. The molecule has 2 aromatic carbocycles. The minimum Gasteiger partial charge on any atom is -0.436 e. The summed E-state index contributed by atoms with van der Waals surface area (Å²) in [4.78, 5) is 16.1. The molecule has 0 aliphatic carbocycles. The zero-order valence-corrected chi connectivity index (χ0v) is 15.9. The molecule has 0 atom stereocenters. The van der Waals surface area contributed by atoms with Gasteiger partial charge in [-0.05, 0) is 73.9 Å². The highest BCUT2D eigenvalue weighted by molar-refractivity contribution is 7.80. The van der Waals surface area contributed by atoms with Crippen LogP contribution in [-0.2, 0) is 4.79 Å². The molecule has 1 amide bonds. The topological polar surface area (TPSA) is 67.2 Å². The molecule has 3 rings (SSSR count). The van der Waals surface area contributed by atoms with E-state index in [0.717, 1.165) is 39.9 Å². The lowest BCUT2D eigenvalue weighted by atomic mass is 10.1. The SMILES string of the molecule is CCCC(=O)NC(=S)Nc1ccc(-c2nc3cc(C)cc(C)c3o2)cc1. The van der Waals surface area contributed by atoms with E-state index in [1.807, 2.05) is 51.1 Å². The Kier molecular flexibility index (Phi) is 5.32. The Morgan fingerprint density at radius 2 is 1.92 bits per heavy atom. The number of aromatic nitrogens is 1. The van der Waals surface area contributed by atoms with E-state index in [1.165, 1.54) is 0 Å². The van der Waals surface area contributed by atoms with Gasteiger partial charge in [0.1, 0.15) is 5.52 Å². The molecule has 0 saturated heterocycles. The summed E-state index contributed by atoms with van der Waals surface area (Å²) in [6, 6.07) is 11.7. The third-order valence-corrected chi connectivity index (χ3v) is 4.14. The molecule has 2 N–H and O–H groups in total. The molecule has 1 aromatic heterocycles. The number of oxazole rings is 1. The average molecular weight is 367 g/mol. The molecule has 3 aromatic rings. The standard InChI is InChI=1S/C20H21N3O2S/c1-4-5-17(24)23-20(26)21-15-8-6-14(7-9-15)19-22-16-11-12(2)10-13(3)18(16)25-19/h6-11H,4-5H2,1-3H3,(H2,21,23,24,26). The van der Waals surface area contributed by atoms with Gasteiger partial charge >= 0.3 is 0 Å². The minimum atomic E-state index is -0.0845. The third kappa shape index (κ3) is 4.08. The van der Waals surface area contributed by atoms with E-state index in [4.69, 9.17) is 16.6 Å². The van der Waals surface area contributed by atoms with Crippen molar-refractivity contribution in [2.24, 2.45) is 0 Å². The molecule has 0 aliphatic heterocycles. The number of hydrogen-bond acceptors (Lipinski definition) is 4. The summed E-state index contributed by atoms with van der Waals surface area (Å²) in [5.41, 5.74) is 5.58. The molecule has 0 bridgehead atoms. The van der Waals surface area contributed by atoms with Gasteiger partial charge in [-0.15, -0.1) is 0 Å². The summed E-state index contributed by atoms with van der Waals surface area (Å²) in [6.07, 6.45) is 1.24. The van der Waals surface area contributed by atoms with E-state index in [1.54, 1.807) is 0 Å². The summed E-state index contributed by atoms with van der Waals surface area (Å²) in [5.74, 6) is 0.498. The fraction of sp³-hybridized carbons (Fsp3) is 0.250. The molecule has 1 heterocycles. The quantitative estimate of drug-likeness (QED) is 0.653. The summed E-state index contributed by atoms with van der Waals surface area (Å²) in [6.45, 7) is 6.01. The summed E-state index contributed by atoms with van der Waals surface area (Å²) >= 11 is 5.15.